The fourth-order valence-corrected chi connectivity index (χ4v) is 2.36. The number of pyridine rings is 1. The molecule has 0 radical (unpaired) electrons. The van der Waals surface area contributed by atoms with E-state index in [0.29, 0.717) is 37.6 Å². The number of hydrogen-bond donors (Lipinski definition) is 0. The van der Waals surface area contributed by atoms with Crippen molar-refractivity contribution < 1.29 is 9.47 Å². The number of benzene rings is 2. The van der Waals surface area contributed by atoms with Gasteiger partial charge in [-0.3, -0.25) is 0 Å². The molecule has 0 fully saturated rings. The highest BCUT2D eigenvalue weighted by molar-refractivity contribution is 5.78. The molecule has 0 aliphatic rings. The Kier molecular flexibility index (Phi) is 5.26. The van der Waals surface area contributed by atoms with Crippen molar-refractivity contribution in [3.8, 4) is 17.6 Å². The topological polar surface area (TPSA) is 55.1 Å². The average molecular weight is 318 g/mol. The molecule has 0 saturated carbocycles. The van der Waals surface area contributed by atoms with Crippen LogP contribution in [-0.4, -0.2) is 11.6 Å². The van der Waals surface area contributed by atoms with Gasteiger partial charge in [0.25, 0.3) is 0 Å². The lowest BCUT2D eigenvalue weighted by molar-refractivity contribution is 0.258. The minimum Gasteiger partial charge on any atom is -0.490 e. The Morgan fingerprint density at radius 2 is 1.62 bits per heavy atom. The molecule has 0 unspecified atom stereocenters. The molecular weight excluding hydrogens is 300 g/mol. The van der Waals surface area contributed by atoms with Crippen molar-refractivity contribution >= 4 is 10.9 Å². The molecule has 0 aliphatic heterocycles. The van der Waals surface area contributed by atoms with Crippen LogP contribution in [0.5, 0.6) is 11.5 Å². The minimum atomic E-state index is 0.378. The summed E-state index contributed by atoms with van der Waals surface area (Å²) in [5.74, 6) is 1.38. The molecule has 3 aromatic rings. The standard InChI is InChI=1S/C20H18N2O2/c21-13-5-6-14-23-19-9-3-4-10-20(19)24-15-17-12-11-16-7-1-2-8-18(16)22-17/h1-4,7-12H,5-6,14-15H2. The molecule has 0 aliphatic carbocycles. The number of nitrogens with zero attached hydrogens (tertiary/aromatic N) is 2. The molecule has 0 saturated heterocycles. The van der Waals surface area contributed by atoms with Crippen LogP contribution in [0.1, 0.15) is 18.5 Å². The molecule has 4 nitrogen and oxygen atoms in total. The van der Waals surface area contributed by atoms with Crippen molar-refractivity contribution in [2.24, 2.45) is 0 Å². The van der Waals surface area contributed by atoms with Crippen LogP contribution in [0.15, 0.2) is 60.7 Å². The molecule has 2 aromatic carbocycles. The largest absolute Gasteiger partial charge is 0.490 e. The number of rotatable bonds is 7. The van der Waals surface area contributed by atoms with E-state index in [1.165, 1.54) is 0 Å². The molecule has 3 rings (SSSR count). The Morgan fingerprint density at radius 3 is 2.46 bits per heavy atom. The van der Waals surface area contributed by atoms with Gasteiger partial charge >= 0.3 is 0 Å². The number of ether oxygens (including phenoxy) is 2. The number of para-hydroxylation sites is 3. The summed E-state index contributed by atoms with van der Waals surface area (Å²) in [7, 11) is 0. The third kappa shape index (κ3) is 4.02. The van der Waals surface area contributed by atoms with Crippen LogP contribution in [0.3, 0.4) is 0 Å². The summed E-state index contributed by atoms with van der Waals surface area (Å²) in [6.07, 6.45) is 1.20. The van der Waals surface area contributed by atoms with Crippen molar-refractivity contribution in [2.45, 2.75) is 19.4 Å². The summed E-state index contributed by atoms with van der Waals surface area (Å²) >= 11 is 0. The van der Waals surface area contributed by atoms with Crippen LogP contribution in [0.2, 0.25) is 0 Å². The molecule has 0 spiro atoms. The maximum atomic E-state index is 8.57. The molecular formula is C20H18N2O2. The molecule has 24 heavy (non-hydrogen) atoms. The van der Waals surface area contributed by atoms with Gasteiger partial charge in [-0.1, -0.05) is 36.4 Å². The Morgan fingerprint density at radius 1 is 0.875 bits per heavy atom. The van der Waals surface area contributed by atoms with E-state index in [4.69, 9.17) is 14.7 Å². The highest BCUT2D eigenvalue weighted by Gasteiger charge is 2.05. The van der Waals surface area contributed by atoms with Crippen molar-refractivity contribution in [2.75, 3.05) is 6.61 Å². The van der Waals surface area contributed by atoms with Gasteiger partial charge < -0.3 is 9.47 Å². The smallest absolute Gasteiger partial charge is 0.161 e. The van der Waals surface area contributed by atoms with Gasteiger partial charge in [0.1, 0.15) is 6.61 Å². The van der Waals surface area contributed by atoms with Crippen LogP contribution in [0.4, 0.5) is 0 Å². The van der Waals surface area contributed by atoms with Crippen LogP contribution >= 0.6 is 0 Å². The lowest BCUT2D eigenvalue weighted by Crippen LogP contribution is -2.02. The van der Waals surface area contributed by atoms with Crippen molar-refractivity contribution in [1.29, 1.82) is 5.26 Å². The predicted molar refractivity (Wildman–Crippen MR) is 92.9 cm³/mol. The van der Waals surface area contributed by atoms with Crippen molar-refractivity contribution in [1.82, 2.24) is 4.98 Å². The highest BCUT2D eigenvalue weighted by Crippen LogP contribution is 2.27. The third-order valence-electron chi connectivity index (χ3n) is 3.57. The van der Waals surface area contributed by atoms with E-state index in [9.17, 15) is 0 Å². The second-order valence-corrected chi connectivity index (χ2v) is 5.34. The number of hydrogen-bond acceptors (Lipinski definition) is 4. The van der Waals surface area contributed by atoms with Gasteiger partial charge in [0, 0.05) is 11.8 Å². The van der Waals surface area contributed by atoms with E-state index in [-0.39, 0.29) is 0 Å². The van der Waals surface area contributed by atoms with Crippen LogP contribution in [0, 0.1) is 11.3 Å². The SMILES string of the molecule is N#CCCCOc1ccccc1OCc1ccc2ccccc2n1. The Balaban J connectivity index is 1.66. The zero-order valence-corrected chi connectivity index (χ0v) is 13.3. The molecule has 1 aromatic heterocycles. The van der Waals surface area contributed by atoms with Gasteiger partial charge in [-0.25, -0.2) is 4.98 Å². The quantitative estimate of drug-likeness (QED) is 0.602. The number of aromatic nitrogens is 1. The van der Waals surface area contributed by atoms with Gasteiger partial charge in [0.15, 0.2) is 11.5 Å². The lowest BCUT2D eigenvalue weighted by atomic mass is 10.2. The van der Waals surface area contributed by atoms with E-state index in [1.54, 1.807) is 0 Å². The minimum absolute atomic E-state index is 0.378. The Bertz CT molecular complexity index is 855. The van der Waals surface area contributed by atoms with Gasteiger partial charge in [-0.2, -0.15) is 5.26 Å². The molecule has 0 atom stereocenters. The maximum absolute atomic E-state index is 8.57. The fourth-order valence-electron chi connectivity index (χ4n) is 2.36. The number of nitriles is 1. The van der Waals surface area contributed by atoms with Crippen molar-refractivity contribution in [3.05, 3.63) is 66.4 Å². The predicted octanol–water partition coefficient (Wildman–Crippen LogP) is 4.50. The first-order valence-electron chi connectivity index (χ1n) is 7.93. The molecule has 0 amide bonds. The number of unbranched alkanes of at least 4 members (excludes halogenated alkanes) is 1. The molecule has 0 bridgehead atoms. The van der Waals surface area contributed by atoms with Crippen molar-refractivity contribution in [3.63, 3.8) is 0 Å². The van der Waals surface area contributed by atoms with Gasteiger partial charge in [0.2, 0.25) is 0 Å². The maximum Gasteiger partial charge on any atom is 0.161 e. The second kappa shape index (κ2) is 7.98. The summed E-state index contributed by atoms with van der Waals surface area (Å²) in [5.41, 5.74) is 1.83. The van der Waals surface area contributed by atoms with Gasteiger partial charge in [0.05, 0.1) is 23.9 Å². The summed E-state index contributed by atoms with van der Waals surface area (Å²) in [4.78, 5) is 4.60. The van der Waals surface area contributed by atoms with E-state index in [1.807, 2.05) is 60.7 Å². The average Bonchev–Trinajstić information content (AvgIpc) is 2.64. The molecule has 120 valence electrons. The number of fused-ring (bicyclic) bond motifs is 1. The third-order valence-corrected chi connectivity index (χ3v) is 3.57. The van der Waals surface area contributed by atoms with E-state index in [0.717, 1.165) is 16.6 Å². The van der Waals surface area contributed by atoms with E-state index in [2.05, 4.69) is 11.1 Å². The zero-order valence-electron chi connectivity index (χ0n) is 13.3. The van der Waals surface area contributed by atoms with Gasteiger partial charge in [-0.15, -0.1) is 0 Å². The first kappa shape index (κ1) is 15.8. The molecule has 4 heteroatoms. The molecule has 1 heterocycles. The summed E-state index contributed by atoms with van der Waals surface area (Å²) < 4.78 is 11.6. The van der Waals surface area contributed by atoms with E-state index < -0.39 is 0 Å². The molecule has 0 N–H and O–H groups in total. The first-order chi connectivity index (χ1) is 11.9. The highest BCUT2D eigenvalue weighted by atomic mass is 16.5. The normalized spacial score (nSPS) is 10.3. The lowest BCUT2D eigenvalue weighted by Gasteiger charge is -2.12. The summed E-state index contributed by atoms with van der Waals surface area (Å²) in [5, 5.41) is 9.68. The van der Waals surface area contributed by atoms with Crippen LogP contribution in [-0.2, 0) is 6.61 Å². The summed E-state index contributed by atoms with van der Waals surface area (Å²) in [6, 6.07) is 21.7. The first-order valence-corrected chi connectivity index (χ1v) is 7.93. The van der Waals surface area contributed by atoms with Crippen LogP contribution < -0.4 is 9.47 Å². The Hall–Kier alpha value is -3.06. The van der Waals surface area contributed by atoms with E-state index >= 15 is 0 Å². The second-order valence-electron chi connectivity index (χ2n) is 5.34. The Labute approximate surface area is 141 Å². The summed E-state index contributed by atoms with van der Waals surface area (Å²) in [6.45, 7) is 0.881. The van der Waals surface area contributed by atoms with Gasteiger partial charge in [-0.05, 0) is 30.7 Å². The fraction of sp³-hybridized carbons (Fsp3) is 0.200. The zero-order chi connectivity index (χ0) is 16.6. The van der Waals surface area contributed by atoms with Crippen LogP contribution in [0.25, 0.3) is 10.9 Å². The monoisotopic (exact) mass is 318 g/mol.